The summed E-state index contributed by atoms with van der Waals surface area (Å²) in [4.78, 5) is 17.4. The lowest BCUT2D eigenvalue weighted by molar-refractivity contribution is -0.0580. The lowest BCUT2D eigenvalue weighted by atomic mass is 9.52. The van der Waals surface area contributed by atoms with E-state index in [1.165, 1.54) is 16.7 Å². The van der Waals surface area contributed by atoms with Gasteiger partial charge in [-0.25, -0.2) is 0 Å². The molecule has 4 nitrogen and oxygen atoms in total. The van der Waals surface area contributed by atoms with Crippen molar-refractivity contribution in [2.24, 2.45) is 5.92 Å². The van der Waals surface area contributed by atoms with E-state index in [0.29, 0.717) is 43.7 Å². The second-order valence-corrected chi connectivity index (χ2v) is 11.1. The molecular weight excluding hydrogens is 463 g/mol. The Morgan fingerprint density at radius 2 is 1.97 bits per heavy atom. The van der Waals surface area contributed by atoms with Gasteiger partial charge in [-0.1, -0.05) is 42.5 Å². The molecule has 2 aliphatic rings. The van der Waals surface area contributed by atoms with Crippen LogP contribution in [0.1, 0.15) is 76.8 Å². The third-order valence-corrected chi connectivity index (χ3v) is 8.80. The monoisotopic (exact) mass is 500 g/mol. The van der Waals surface area contributed by atoms with Crippen LogP contribution >= 0.6 is 0 Å². The number of fused-ring (bicyclic) bond motifs is 3. The van der Waals surface area contributed by atoms with Gasteiger partial charge in [0, 0.05) is 29.4 Å². The molecule has 0 saturated heterocycles. The van der Waals surface area contributed by atoms with Crippen molar-refractivity contribution in [1.29, 1.82) is 0 Å². The standard InChI is InChI=1S/C32H37FN2O2/c1-23-27(9-5-18-34-23)22-35-30(36)26-11-13-29-25(19-26)10-12-28-21-31(37,14-6-17-33)15-16-32(28,29)20-24-7-3-2-4-8-24/h2-5,7-9,11,13,18-19,28,37H,6,10,12,14-17,20-22H2,1H3,(H,35,36)/t28-,31-,32+/m1/s1. The number of hydrogen-bond donors (Lipinski definition) is 2. The molecule has 1 saturated carbocycles. The molecule has 37 heavy (non-hydrogen) atoms. The van der Waals surface area contributed by atoms with E-state index in [1.807, 2.05) is 31.2 Å². The van der Waals surface area contributed by atoms with Crippen molar-refractivity contribution in [3.63, 3.8) is 0 Å². The van der Waals surface area contributed by atoms with Crippen LogP contribution in [-0.4, -0.2) is 28.3 Å². The molecule has 3 atom stereocenters. The number of aromatic nitrogens is 1. The summed E-state index contributed by atoms with van der Waals surface area (Å²) in [5, 5.41) is 14.4. The van der Waals surface area contributed by atoms with Gasteiger partial charge in [0.25, 0.3) is 5.91 Å². The van der Waals surface area contributed by atoms with E-state index in [4.69, 9.17) is 0 Å². The van der Waals surface area contributed by atoms with Gasteiger partial charge in [0.05, 0.1) is 12.3 Å². The fourth-order valence-electron chi connectivity index (χ4n) is 6.80. The first-order valence-corrected chi connectivity index (χ1v) is 13.6. The molecular formula is C32H37FN2O2. The van der Waals surface area contributed by atoms with Gasteiger partial charge in [-0.3, -0.25) is 14.2 Å². The summed E-state index contributed by atoms with van der Waals surface area (Å²) in [7, 11) is 0. The summed E-state index contributed by atoms with van der Waals surface area (Å²) >= 11 is 0. The van der Waals surface area contributed by atoms with E-state index in [1.54, 1.807) is 6.20 Å². The highest BCUT2D eigenvalue weighted by molar-refractivity contribution is 5.94. The minimum atomic E-state index is -0.779. The largest absolute Gasteiger partial charge is 0.390 e. The van der Waals surface area contributed by atoms with Crippen LogP contribution in [0.3, 0.4) is 0 Å². The molecule has 5 heteroatoms. The van der Waals surface area contributed by atoms with Gasteiger partial charge >= 0.3 is 0 Å². The van der Waals surface area contributed by atoms with Crippen LogP contribution < -0.4 is 5.32 Å². The molecule has 0 aliphatic heterocycles. The van der Waals surface area contributed by atoms with Crippen molar-refractivity contribution < 1.29 is 14.3 Å². The molecule has 1 heterocycles. The second-order valence-electron chi connectivity index (χ2n) is 11.1. The number of hydrogen-bond acceptors (Lipinski definition) is 3. The Labute approximate surface area is 219 Å². The Kier molecular flexibility index (Phi) is 7.43. The van der Waals surface area contributed by atoms with Gasteiger partial charge in [0.15, 0.2) is 0 Å². The topological polar surface area (TPSA) is 62.2 Å². The number of carbonyl (C=O) groups is 1. The Hall–Kier alpha value is -3.05. The molecule has 0 spiro atoms. The molecule has 1 aromatic heterocycles. The number of alkyl halides is 1. The van der Waals surface area contributed by atoms with E-state index >= 15 is 0 Å². The van der Waals surface area contributed by atoms with E-state index in [0.717, 1.165) is 36.9 Å². The Bertz CT molecular complexity index is 1250. The fourth-order valence-corrected chi connectivity index (χ4v) is 6.80. The number of halogens is 1. The highest BCUT2D eigenvalue weighted by Gasteiger charge is 2.51. The van der Waals surface area contributed by atoms with Crippen LogP contribution in [-0.2, 0) is 24.8 Å². The number of amides is 1. The number of nitrogens with zero attached hydrogens (tertiary/aromatic N) is 1. The Morgan fingerprint density at radius 1 is 1.14 bits per heavy atom. The molecule has 194 valence electrons. The molecule has 2 N–H and O–H groups in total. The molecule has 5 rings (SSSR count). The van der Waals surface area contributed by atoms with Crippen LogP contribution in [0.2, 0.25) is 0 Å². The zero-order chi connectivity index (χ0) is 25.9. The lowest BCUT2D eigenvalue weighted by Crippen LogP contribution is -2.51. The maximum atomic E-state index is 13.1. The average Bonchev–Trinajstić information content (AvgIpc) is 2.92. The van der Waals surface area contributed by atoms with Crippen molar-refractivity contribution >= 4 is 5.91 Å². The Morgan fingerprint density at radius 3 is 2.76 bits per heavy atom. The molecule has 1 amide bonds. The van der Waals surface area contributed by atoms with Gasteiger partial charge in [-0.05, 0) is 105 Å². The van der Waals surface area contributed by atoms with Gasteiger partial charge in [0.2, 0.25) is 0 Å². The predicted octanol–water partition coefficient (Wildman–Crippen LogP) is 6.03. The van der Waals surface area contributed by atoms with Crippen LogP contribution in [0.15, 0.2) is 66.9 Å². The molecule has 3 aromatic rings. The summed E-state index contributed by atoms with van der Waals surface area (Å²) in [6.07, 6.45) is 7.75. The molecule has 0 bridgehead atoms. The molecule has 0 radical (unpaired) electrons. The molecule has 1 fully saturated rings. The molecule has 2 aliphatic carbocycles. The van der Waals surface area contributed by atoms with Gasteiger partial charge in [0.1, 0.15) is 0 Å². The number of aliphatic hydroxyl groups is 1. The normalized spacial score (nSPS) is 24.7. The van der Waals surface area contributed by atoms with Crippen LogP contribution in [0.4, 0.5) is 4.39 Å². The van der Waals surface area contributed by atoms with Gasteiger partial charge in [-0.2, -0.15) is 0 Å². The van der Waals surface area contributed by atoms with Crippen molar-refractivity contribution in [2.75, 3.05) is 6.67 Å². The van der Waals surface area contributed by atoms with Crippen molar-refractivity contribution in [1.82, 2.24) is 10.3 Å². The minimum Gasteiger partial charge on any atom is -0.390 e. The lowest BCUT2D eigenvalue weighted by Gasteiger charge is -2.53. The third kappa shape index (κ3) is 5.33. The summed E-state index contributed by atoms with van der Waals surface area (Å²) < 4.78 is 12.9. The molecule has 2 aromatic carbocycles. The smallest absolute Gasteiger partial charge is 0.251 e. The number of nitrogens with one attached hydrogen (secondary N) is 1. The van der Waals surface area contributed by atoms with Gasteiger partial charge < -0.3 is 10.4 Å². The first kappa shape index (κ1) is 25.6. The number of rotatable bonds is 8. The maximum absolute atomic E-state index is 13.1. The summed E-state index contributed by atoms with van der Waals surface area (Å²) in [5.74, 6) is 0.251. The zero-order valence-electron chi connectivity index (χ0n) is 21.7. The quantitative estimate of drug-likeness (QED) is 0.397. The first-order valence-electron chi connectivity index (χ1n) is 13.6. The first-order chi connectivity index (χ1) is 17.9. The fraction of sp³-hybridized carbons (Fsp3) is 0.438. The van der Waals surface area contributed by atoms with Crippen LogP contribution in [0.25, 0.3) is 0 Å². The van der Waals surface area contributed by atoms with Crippen molar-refractivity contribution in [3.05, 3.63) is 100 Å². The summed E-state index contributed by atoms with van der Waals surface area (Å²) in [5.41, 5.74) is 5.61. The van der Waals surface area contributed by atoms with Crippen molar-refractivity contribution in [2.45, 2.75) is 75.9 Å². The van der Waals surface area contributed by atoms with Crippen LogP contribution in [0.5, 0.6) is 0 Å². The van der Waals surface area contributed by atoms with E-state index < -0.39 is 5.60 Å². The Balaban J connectivity index is 1.42. The zero-order valence-corrected chi connectivity index (χ0v) is 21.7. The van der Waals surface area contributed by atoms with E-state index in [-0.39, 0.29) is 18.0 Å². The van der Waals surface area contributed by atoms with Crippen molar-refractivity contribution in [3.8, 4) is 0 Å². The third-order valence-electron chi connectivity index (χ3n) is 8.80. The maximum Gasteiger partial charge on any atom is 0.251 e. The minimum absolute atomic E-state index is 0.0745. The number of pyridine rings is 1. The predicted molar refractivity (Wildman–Crippen MR) is 144 cm³/mol. The average molecular weight is 501 g/mol. The SMILES string of the molecule is Cc1ncccc1CNC(=O)c1ccc2c(c1)CC[C@@H]1C[C@@](O)(CCCF)CC[C@@]21Cc1ccccc1. The highest BCUT2D eigenvalue weighted by atomic mass is 19.1. The van der Waals surface area contributed by atoms with Crippen LogP contribution in [0, 0.1) is 12.8 Å². The summed E-state index contributed by atoms with van der Waals surface area (Å²) in [6.45, 7) is 2.02. The molecule has 0 unspecified atom stereocenters. The number of carbonyl (C=O) groups excluding carboxylic acids is 1. The second kappa shape index (κ2) is 10.7. The number of benzene rings is 2. The van der Waals surface area contributed by atoms with Gasteiger partial charge in [-0.15, -0.1) is 0 Å². The summed E-state index contributed by atoms with van der Waals surface area (Å²) in [6, 6.07) is 20.7. The highest BCUT2D eigenvalue weighted by Crippen LogP contribution is 2.55. The van der Waals surface area contributed by atoms with E-state index in [9.17, 15) is 14.3 Å². The number of aryl methyl sites for hydroxylation is 2. The van der Waals surface area contributed by atoms with E-state index in [2.05, 4.69) is 46.7 Å².